The maximum Gasteiger partial charge on any atom is 0.329 e. The molecule has 0 saturated carbocycles. The third kappa shape index (κ3) is 5.30. The van der Waals surface area contributed by atoms with Crippen molar-refractivity contribution in [3.05, 3.63) is 45.1 Å². The summed E-state index contributed by atoms with van der Waals surface area (Å²) < 4.78 is 0.879. The number of benzene rings is 1. The molecule has 0 atom stereocenters. The van der Waals surface area contributed by atoms with Crippen molar-refractivity contribution in [2.75, 3.05) is 6.54 Å². The molecule has 1 heterocycles. The Morgan fingerprint density at radius 1 is 1.08 bits per heavy atom. The summed E-state index contributed by atoms with van der Waals surface area (Å²) in [6, 6.07) is 6.63. The highest BCUT2D eigenvalue weighted by Gasteiger charge is 2.10. The van der Waals surface area contributed by atoms with Gasteiger partial charge in [0.15, 0.2) is 0 Å². The first kappa shape index (κ1) is 18.4. The Balaban J connectivity index is 1.85. The standard InChI is InChI=1S/C17H21N3O5/c21-14(18-10-6-2-1-3-9-15(22)23)11-20-16(24)12-7-4-5-8-13(12)19-17(20)25/h4-5,7-8H,1-3,6,9-11H2,(H,18,21)(H,19,25)(H,22,23). The number of H-pyrrole nitrogens is 1. The fourth-order valence-electron chi connectivity index (χ4n) is 2.52. The molecule has 0 spiro atoms. The number of carbonyl (C=O) groups excluding carboxylic acids is 1. The van der Waals surface area contributed by atoms with E-state index >= 15 is 0 Å². The first-order valence-corrected chi connectivity index (χ1v) is 8.19. The van der Waals surface area contributed by atoms with Crippen LogP contribution in [-0.2, 0) is 16.1 Å². The lowest BCUT2D eigenvalue weighted by Gasteiger charge is -2.07. The summed E-state index contributed by atoms with van der Waals surface area (Å²) in [5.74, 6) is -1.22. The number of carbonyl (C=O) groups is 2. The molecular formula is C17H21N3O5. The summed E-state index contributed by atoms with van der Waals surface area (Å²) in [5.41, 5.74) is -0.675. The van der Waals surface area contributed by atoms with Crippen molar-refractivity contribution in [1.82, 2.24) is 14.9 Å². The maximum absolute atomic E-state index is 12.3. The monoisotopic (exact) mass is 347 g/mol. The number of aliphatic carboxylic acids is 1. The van der Waals surface area contributed by atoms with Gasteiger partial charge in [-0.3, -0.25) is 19.0 Å². The molecule has 8 nitrogen and oxygen atoms in total. The average Bonchev–Trinajstić information content (AvgIpc) is 2.57. The van der Waals surface area contributed by atoms with E-state index in [0.29, 0.717) is 30.3 Å². The molecule has 0 radical (unpaired) electrons. The molecule has 1 aromatic carbocycles. The molecule has 8 heteroatoms. The van der Waals surface area contributed by atoms with Gasteiger partial charge in [-0.15, -0.1) is 0 Å². The van der Waals surface area contributed by atoms with Gasteiger partial charge in [0.05, 0.1) is 10.9 Å². The van der Waals surface area contributed by atoms with E-state index in [1.54, 1.807) is 24.3 Å². The molecule has 0 unspecified atom stereocenters. The average molecular weight is 347 g/mol. The van der Waals surface area contributed by atoms with Crippen molar-refractivity contribution in [2.24, 2.45) is 0 Å². The summed E-state index contributed by atoms with van der Waals surface area (Å²) >= 11 is 0. The first-order chi connectivity index (χ1) is 12.0. The lowest BCUT2D eigenvalue weighted by molar-refractivity contribution is -0.137. The van der Waals surface area contributed by atoms with E-state index in [1.807, 2.05) is 0 Å². The number of nitrogens with one attached hydrogen (secondary N) is 2. The van der Waals surface area contributed by atoms with Crippen molar-refractivity contribution < 1.29 is 14.7 Å². The Hall–Kier alpha value is -2.90. The number of amides is 1. The van der Waals surface area contributed by atoms with Crippen LogP contribution in [0.2, 0.25) is 0 Å². The summed E-state index contributed by atoms with van der Waals surface area (Å²) in [7, 11) is 0. The van der Waals surface area contributed by atoms with Gasteiger partial charge in [0.1, 0.15) is 6.54 Å². The number of rotatable bonds is 9. The van der Waals surface area contributed by atoms with E-state index in [4.69, 9.17) is 5.11 Å². The Morgan fingerprint density at radius 2 is 1.80 bits per heavy atom. The third-order valence-electron chi connectivity index (χ3n) is 3.83. The zero-order valence-corrected chi connectivity index (χ0v) is 13.8. The van der Waals surface area contributed by atoms with Gasteiger partial charge in [0.2, 0.25) is 5.91 Å². The van der Waals surface area contributed by atoms with Crippen LogP contribution in [0.15, 0.2) is 33.9 Å². The summed E-state index contributed by atoms with van der Waals surface area (Å²) in [6.07, 6.45) is 3.08. The molecule has 0 bridgehead atoms. The highest BCUT2D eigenvalue weighted by atomic mass is 16.4. The normalized spacial score (nSPS) is 10.7. The van der Waals surface area contributed by atoms with Crippen LogP contribution in [0, 0.1) is 0 Å². The van der Waals surface area contributed by atoms with E-state index in [1.165, 1.54) is 0 Å². The largest absolute Gasteiger partial charge is 0.481 e. The molecule has 25 heavy (non-hydrogen) atoms. The topological polar surface area (TPSA) is 121 Å². The number of para-hydroxylation sites is 1. The Morgan fingerprint density at radius 3 is 2.56 bits per heavy atom. The van der Waals surface area contributed by atoms with Gasteiger partial charge < -0.3 is 15.4 Å². The van der Waals surface area contributed by atoms with Gasteiger partial charge in [-0.2, -0.15) is 0 Å². The fraction of sp³-hybridized carbons (Fsp3) is 0.412. The number of unbranched alkanes of at least 4 members (excludes halogenated alkanes) is 3. The van der Waals surface area contributed by atoms with Crippen molar-refractivity contribution in [1.29, 1.82) is 0 Å². The molecule has 0 aliphatic heterocycles. The molecule has 3 N–H and O–H groups in total. The molecule has 0 saturated heterocycles. The fourth-order valence-corrected chi connectivity index (χ4v) is 2.52. The highest BCUT2D eigenvalue weighted by molar-refractivity contribution is 5.78. The Labute approximate surface area is 143 Å². The number of aromatic nitrogens is 2. The number of carboxylic acid groups (broad SMARTS) is 1. The number of hydrogen-bond donors (Lipinski definition) is 3. The predicted molar refractivity (Wildman–Crippen MR) is 92.6 cm³/mol. The molecule has 2 rings (SSSR count). The van der Waals surface area contributed by atoms with Crippen molar-refractivity contribution >= 4 is 22.8 Å². The lowest BCUT2D eigenvalue weighted by atomic mass is 10.1. The van der Waals surface area contributed by atoms with Gasteiger partial charge in [-0.25, -0.2) is 4.79 Å². The smallest absolute Gasteiger partial charge is 0.329 e. The number of aromatic amines is 1. The first-order valence-electron chi connectivity index (χ1n) is 8.19. The molecular weight excluding hydrogens is 326 g/mol. The number of fused-ring (bicyclic) bond motifs is 1. The molecule has 0 aliphatic carbocycles. The minimum atomic E-state index is -0.806. The van der Waals surface area contributed by atoms with Crippen LogP contribution in [0.1, 0.15) is 32.1 Å². The van der Waals surface area contributed by atoms with Crippen LogP contribution >= 0.6 is 0 Å². The summed E-state index contributed by atoms with van der Waals surface area (Å²) in [4.78, 5) is 49.2. The predicted octanol–water partition coefficient (Wildman–Crippen LogP) is 0.841. The number of hydrogen-bond acceptors (Lipinski definition) is 4. The molecule has 1 amide bonds. The van der Waals surface area contributed by atoms with E-state index in [0.717, 1.165) is 17.4 Å². The molecule has 1 aromatic heterocycles. The molecule has 2 aromatic rings. The van der Waals surface area contributed by atoms with Crippen LogP contribution in [0.25, 0.3) is 10.9 Å². The highest BCUT2D eigenvalue weighted by Crippen LogP contribution is 2.03. The number of nitrogens with zero attached hydrogens (tertiary/aromatic N) is 1. The zero-order chi connectivity index (χ0) is 18.2. The van der Waals surface area contributed by atoms with E-state index < -0.39 is 23.1 Å². The SMILES string of the molecule is O=C(O)CCCCCCNC(=O)Cn1c(=O)[nH]c2ccccc2c1=O. The number of carboxylic acids is 1. The lowest BCUT2D eigenvalue weighted by Crippen LogP contribution is -2.40. The van der Waals surface area contributed by atoms with Gasteiger partial charge in [-0.1, -0.05) is 25.0 Å². The van der Waals surface area contributed by atoms with Crippen LogP contribution in [0.4, 0.5) is 0 Å². The van der Waals surface area contributed by atoms with Crippen molar-refractivity contribution in [3.63, 3.8) is 0 Å². The van der Waals surface area contributed by atoms with Crippen LogP contribution < -0.4 is 16.6 Å². The van der Waals surface area contributed by atoms with Gasteiger partial charge in [0.25, 0.3) is 5.56 Å². The minimum Gasteiger partial charge on any atom is -0.481 e. The molecule has 134 valence electrons. The van der Waals surface area contributed by atoms with E-state index in [9.17, 15) is 19.2 Å². The summed E-state index contributed by atoms with van der Waals surface area (Å²) in [6.45, 7) is 0.0875. The third-order valence-corrected chi connectivity index (χ3v) is 3.83. The van der Waals surface area contributed by atoms with E-state index in [2.05, 4.69) is 10.3 Å². The van der Waals surface area contributed by atoms with Gasteiger partial charge in [0, 0.05) is 13.0 Å². The second-order valence-electron chi connectivity index (χ2n) is 5.77. The second kappa shape index (κ2) is 8.81. The van der Waals surface area contributed by atoms with E-state index in [-0.39, 0.29) is 13.0 Å². The zero-order valence-electron chi connectivity index (χ0n) is 13.8. The molecule has 0 aliphatic rings. The summed E-state index contributed by atoms with van der Waals surface area (Å²) in [5, 5.41) is 11.5. The molecule has 0 fully saturated rings. The van der Waals surface area contributed by atoms with Crippen LogP contribution in [0.3, 0.4) is 0 Å². The minimum absolute atomic E-state index is 0.153. The van der Waals surface area contributed by atoms with Crippen LogP contribution in [0.5, 0.6) is 0 Å². The van der Waals surface area contributed by atoms with Gasteiger partial charge >= 0.3 is 11.7 Å². The quantitative estimate of drug-likeness (QED) is 0.580. The second-order valence-corrected chi connectivity index (χ2v) is 5.77. The Kier molecular flexibility index (Phi) is 6.50. The van der Waals surface area contributed by atoms with Crippen molar-refractivity contribution in [3.8, 4) is 0 Å². The van der Waals surface area contributed by atoms with Gasteiger partial charge in [-0.05, 0) is 25.0 Å². The Bertz CT molecular complexity index is 868. The van der Waals surface area contributed by atoms with Crippen LogP contribution in [-0.4, -0.2) is 33.1 Å². The maximum atomic E-state index is 12.3. The van der Waals surface area contributed by atoms with Crippen molar-refractivity contribution in [2.45, 2.75) is 38.6 Å².